The Hall–Kier alpha value is -2.70. The fourth-order valence-corrected chi connectivity index (χ4v) is 3.28. The van der Waals surface area contributed by atoms with E-state index in [-0.39, 0.29) is 5.92 Å². The van der Waals surface area contributed by atoms with Gasteiger partial charge in [-0.05, 0) is 18.8 Å². The van der Waals surface area contributed by atoms with Gasteiger partial charge in [-0.3, -0.25) is 0 Å². The molecule has 0 N–H and O–H groups in total. The molecule has 1 saturated heterocycles. The summed E-state index contributed by atoms with van der Waals surface area (Å²) < 4.78 is 11.0. The lowest BCUT2D eigenvalue weighted by atomic mass is 9.98. The van der Waals surface area contributed by atoms with Gasteiger partial charge in [0.2, 0.25) is 11.7 Å². The van der Waals surface area contributed by atoms with E-state index in [0.29, 0.717) is 23.6 Å². The summed E-state index contributed by atoms with van der Waals surface area (Å²) in [6, 6.07) is 10.4. The fourth-order valence-electron chi connectivity index (χ4n) is 3.28. The number of aromatic nitrogens is 4. The van der Waals surface area contributed by atoms with Crippen LogP contribution in [-0.2, 0) is 6.42 Å². The van der Waals surface area contributed by atoms with Gasteiger partial charge < -0.3 is 13.9 Å². The van der Waals surface area contributed by atoms with Crippen LogP contribution in [-0.4, -0.2) is 33.4 Å². The highest BCUT2D eigenvalue weighted by molar-refractivity contribution is 5.55. The molecule has 1 aromatic carbocycles. The van der Waals surface area contributed by atoms with Gasteiger partial charge in [-0.1, -0.05) is 54.5 Å². The highest BCUT2D eigenvalue weighted by Gasteiger charge is 2.29. The van der Waals surface area contributed by atoms with Gasteiger partial charge in [0, 0.05) is 25.1 Å². The Kier molecular flexibility index (Phi) is 4.69. The number of rotatable bonds is 5. The van der Waals surface area contributed by atoms with Crippen molar-refractivity contribution in [2.24, 2.45) is 5.92 Å². The van der Waals surface area contributed by atoms with Gasteiger partial charge in [0.1, 0.15) is 0 Å². The zero-order chi connectivity index (χ0) is 17.9. The third kappa shape index (κ3) is 3.61. The van der Waals surface area contributed by atoms with E-state index in [2.05, 4.69) is 39.0 Å². The molecule has 136 valence electrons. The summed E-state index contributed by atoms with van der Waals surface area (Å²) in [5.41, 5.74) is 0.950. The largest absolute Gasteiger partial charge is 0.339 e. The minimum Gasteiger partial charge on any atom is -0.339 e. The molecule has 26 heavy (non-hydrogen) atoms. The molecule has 0 amide bonds. The van der Waals surface area contributed by atoms with Crippen LogP contribution in [0.3, 0.4) is 0 Å². The maximum absolute atomic E-state index is 5.51. The van der Waals surface area contributed by atoms with Crippen molar-refractivity contribution in [2.45, 2.75) is 39.0 Å². The minimum absolute atomic E-state index is 0.198. The van der Waals surface area contributed by atoms with E-state index < -0.39 is 0 Å². The van der Waals surface area contributed by atoms with Crippen LogP contribution in [0.5, 0.6) is 0 Å². The molecule has 1 aliphatic heterocycles. The predicted octanol–water partition coefficient (Wildman–Crippen LogP) is 3.70. The van der Waals surface area contributed by atoms with Crippen LogP contribution < -0.4 is 4.90 Å². The fraction of sp³-hybridized carbons (Fsp3) is 0.474. The van der Waals surface area contributed by atoms with E-state index in [1.54, 1.807) is 0 Å². The lowest BCUT2D eigenvalue weighted by molar-refractivity contribution is 0.321. The Labute approximate surface area is 152 Å². The molecule has 1 atom stereocenters. The monoisotopic (exact) mass is 353 g/mol. The van der Waals surface area contributed by atoms with Crippen LogP contribution in [0.4, 0.5) is 6.01 Å². The molecule has 0 bridgehead atoms. The van der Waals surface area contributed by atoms with Gasteiger partial charge >= 0.3 is 6.01 Å². The summed E-state index contributed by atoms with van der Waals surface area (Å²) in [5.74, 6) is 2.83. The molecule has 7 heteroatoms. The van der Waals surface area contributed by atoms with E-state index >= 15 is 0 Å². The molecule has 1 fully saturated rings. The van der Waals surface area contributed by atoms with Crippen LogP contribution in [0, 0.1) is 5.92 Å². The van der Waals surface area contributed by atoms with Gasteiger partial charge in [-0.2, -0.15) is 9.97 Å². The SMILES string of the molecule is CC(C)Cc1noc(C2CCCN(c3nc(-c4ccccc4)no3)C2)n1. The van der Waals surface area contributed by atoms with Crippen LogP contribution >= 0.6 is 0 Å². The number of benzene rings is 1. The van der Waals surface area contributed by atoms with Gasteiger partial charge in [-0.25, -0.2) is 0 Å². The Morgan fingerprint density at radius 2 is 1.96 bits per heavy atom. The lowest BCUT2D eigenvalue weighted by Gasteiger charge is -2.29. The average Bonchev–Trinajstić information content (AvgIpc) is 3.32. The highest BCUT2D eigenvalue weighted by atomic mass is 16.5. The van der Waals surface area contributed by atoms with Crippen molar-refractivity contribution in [3.8, 4) is 11.4 Å². The maximum Gasteiger partial charge on any atom is 0.324 e. The van der Waals surface area contributed by atoms with E-state index in [1.165, 1.54) is 0 Å². The third-order valence-corrected chi connectivity index (χ3v) is 4.56. The minimum atomic E-state index is 0.198. The first-order chi connectivity index (χ1) is 12.7. The number of anilines is 1. The maximum atomic E-state index is 5.51. The standard InChI is InChI=1S/C19H23N5O2/c1-13(2)11-16-20-18(25-22-16)15-9-6-10-24(12-15)19-21-17(23-26-19)14-7-4-3-5-8-14/h3-5,7-8,13,15H,6,9-12H2,1-2H3. The molecule has 7 nitrogen and oxygen atoms in total. The molecule has 0 aliphatic carbocycles. The molecule has 1 aliphatic rings. The van der Waals surface area contributed by atoms with Gasteiger partial charge in [0.05, 0.1) is 5.92 Å². The zero-order valence-corrected chi connectivity index (χ0v) is 15.1. The normalized spacial score (nSPS) is 17.8. The molecule has 4 rings (SSSR count). The quantitative estimate of drug-likeness (QED) is 0.691. The molecular formula is C19H23N5O2. The first-order valence-electron chi connectivity index (χ1n) is 9.15. The van der Waals surface area contributed by atoms with Crippen molar-refractivity contribution in [3.63, 3.8) is 0 Å². The van der Waals surface area contributed by atoms with E-state index in [9.17, 15) is 0 Å². The molecule has 3 heterocycles. The Balaban J connectivity index is 1.47. The second-order valence-corrected chi connectivity index (χ2v) is 7.20. The van der Waals surface area contributed by atoms with Gasteiger partial charge in [0.15, 0.2) is 5.82 Å². The van der Waals surface area contributed by atoms with Gasteiger partial charge in [0.25, 0.3) is 0 Å². The van der Waals surface area contributed by atoms with Crippen LogP contribution in [0.1, 0.15) is 44.3 Å². The molecule has 1 unspecified atom stereocenters. The first kappa shape index (κ1) is 16.8. The molecule has 0 radical (unpaired) electrons. The summed E-state index contributed by atoms with van der Waals surface area (Å²) in [6.45, 7) is 5.94. The highest BCUT2D eigenvalue weighted by Crippen LogP contribution is 2.29. The van der Waals surface area contributed by atoms with Crippen molar-refractivity contribution in [1.29, 1.82) is 0 Å². The van der Waals surface area contributed by atoms with Crippen molar-refractivity contribution in [3.05, 3.63) is 42.0 Å². The summed E-state index contributed by atoms with van der Waals surface area (Å²) in [7, 11) is 0. The van der Waals surface area contributed by atoms with Crippen molar-refractivity contribution in [1.82, 2.24) is 20.3 Å². The predicted molar refractivity (Wildman–Crippen MR) is 96.8 cm³/mol. The Morgan fingerprint density at radius 3 is 2.77 bits per heavy atom. The van der Waals surface area contributed by atoms with Gasteiger partial charge in [-0.15, -0.1) is 0 Å². The summed E-state index contributed by atoms with van der Waals surface area (Å²) in [6.07, 6.45) is 2.89. The van der Waals surface area contributed by atoms with Crippen LogP contribution in [0.25, 0.3) is 11.4 Å². The number of hydrogen-bond acceptors (Lipinski definition) is 7. The lowest BCUT2D eigenvalue weighted by Crippen LogP contribution is -2.34. The summed E-state index contributed by atoms with van der Waals surface area (Å²) in [4.78, 5) is 11.3. The smallest absolute Gasteiger partial charge is 0.324 e. The molecule has 0 saturated carbocycles. The van der Waals surface area contributed by atoms with Crippen molar-refractivity contribution < 1.29 is 9.05 Å². The number of hydrogen-bond donors (Lipinski definition) is 0. The first-order valence-corrected chi connectivity index (χ1v) is 9.15. The number of piperidine rings is 1. The topological polar surface area (TPSA) is 81.1 Å². The zero-order valence-electron chi connectivity index (χ0n) is 15.1. The average molecular weight is 353 g/mol. The van der Waals surface area contributed by atoms with E-state index in [0.717, 1.165) is 43.7 Å². The second kappa shape index (κ2) is 7.27. The summed E-state index contributed by atoms with van der Waals surface area (Å²) >= 11 is 0. The van der Waals surface area contributed by atoms with E-state index in [4.69, 9.17) is 9.05 Å². The Morgan fingerprint density at radius 1 is 1.12 bits per heavy atom. The third-order valence-electron chi connectivity index (χ3n) is 4.56. The molecular weight excluding hydrogens is 330 g/mol. The molecule has 3 aromatic rings. The summed E-state index contributed by atoms with van der Waals surface area (Å²) in [5, 5.41) is 8.23. The second-order valence-electron chi connectivity index (χ2n) is 7.20. The van der Waals surface area contributed by atoms with Crippen LogP contribution in [0.2, 0.25) is 0 Å². The Bertz CT molecular complexity index is 843. The van der Waals surface area contributed by atoms with E-state index in [1.807, 2.05) is 30.3 Å². The number of nitrogens with zero attached hydrogens (tertiary/aromatic N) is 5. The van der Waals surface area contributed by atoms with Crippen molar-refractivity contribution >= 4 is 6.01 Å². The molecule has 2 aromatic heterocycles. The molecule has 0 spiro atoms. The van der Waals surface area contributed by atoms with Crippen LogP contribution in [0.15, 0.2) is 39.4 Å². The van der Waals surface area contributed by atoms with Crippen molar-refractivity contribution in [2.75, 3.05) is 18.0 Å².